The molecule has 1 atom stereocenters. The molecule has 2 heteroatoms. The van der Waals surface area contributed by atoms with Crippen LogP contribution in [0.4, 0.5) is 0 Å². The molecule has 0 radical (unpaired) electrons. The predicted octanol–water partition coefficient (Wildman–Crippen LogP) is 4.08. The Hall–Kier alpha value is -2.57. The zero-order valence-electron chi connectivity index (χ0n) is 12.3. The molecule has 2 aromatic rings. The lowest BCUT2D eigenvalue weighted by molar-refractivity contribution is -0.131. The molecule has 0 saturated heterocycles. The van der Waals surface area contributed by atoms with Gasteiger partial charge in [0.05, 0.1) is 6.08 Å². The van der Waals surface area contributed by atoms with E-state index >= 15 is 0 Å². The summed E-state index contributed by atoms with van der Waals surface area (Å²) in [7, 11) is 0. The van der Waals surface area contributed by atoms with Crippen molar-refractivity contribution < 1.29 is 9.90 Å². The molecule has 5 rings (SSSR count). The monoisotopic (exact) mass is 288 g/mol. The van der Waals surface area contributed by atoms with Gasteiger partial charge in [-0.3, -0.25) is 0 Å². The Kier molecular flexibility index (Phi) is 2.82. The van der Waals surface area contributed by atoms with Crippen molar-refractivity contribution in [1.29, 1.82) is 0 Å². The van der Waals surface area contributed by atoms with E-state index in [1.54, 1.807) is 0 Å². The largest absolute Gasteiger partial charge is 0.478 e. The maximum Gasteiger partial charge on any atom is 0.336 e. The summed E-state index contributed by atoms with van der Waals surface area (Å²) in [4.78, 5) is 10.9. The molecule has 108 valence electrons. The third-order valence-electron chi connectivity index (χ3n) is 4.95. The molecule has 22 heavy (non-hydrogen) atoms. The maximum absolute atomic E-state index is 10.9. The van der Waals surface area contributed by atoms with E-state index in [0.717, 1.165) is 11.6 Å². The van der Waals surface area contributed by atoms with Crippen LogP contribution in [-0.4, -0.2) is 11.1 Å². The molecule has 0 saturated carbocycles. The average molecular weight is 288 g/mol. The molecular weight excluding hydrogens is 272 g/mol. The minimum absolute atomic E-state index is 0.128. The van der Waals surface area contributed by atoms with E-state index in [0.29, 0.717) is 5.92 Å². The lowest BCUT2D eigenvalue weighted by atomic mass is 9.57. The van der Waals surface area contributed by atoms with Crippen molar-refractivity contribution in [3.63, 3.8) is 0 Å². The molecule has 3 aliphatic rings. The lowest BCUT2D eigenvalue weighted by Crippen LogP contribution is -2.32. The van der Waals surface area contributed by atoms with Gasteiger partial charge in [0.25, 0.3) is 0 Å². The Morgan fingerprint density at radius 3 is 2.00 bits per heavy atom. The summed E-state index contributed by atoms with van der Waals surface area (Å²) in [6, 6.07) is 17.0. The summed E-state index contributed by atoms with van der Waals surface area (Å²) in [5, 5.41) is 8.96. The van der Waals surface area contributed by atoms with Crippen LogP contribution in [-0.2, 0) is 4.79 Å². The van der Waals surface area contributed by atoms with Gasteiger partial charge in [-0.25, -0.2) is 4.79 Å². The van der Waals surface area contributed by atoms with E-state index in [2.05, 4.69) is 61.2 Å². The number of carboxylic acids is 1. The number of hydrogen-bond donors (Lipinski definition) is 1. The van der Waals surface area contributed by atoms with Crippen LogP contribution in [0, 0.1) is 5.92 Å². The Morgan fingerprint density at radius 2 is 1.50 bits per heavy atom. The predicted molar refractivity (Wildman–Crippen MR) is 85.0 cm³/mol. The van der Waals surface area contributed by atoms with E-state index in [9.17, 15) is 4.79 Å². The van der Waals surface area contributed by atoms with Gasteiger partial charge in [-0.2, -0.15) is 0 Å². The quantitative estimate of drug-likeness (QED) is 0.634. The van der Waals surface area contributed by atoms with Crippen molar-refractivity contribution in [3.8, 4) is 0 Å². The van der Waals surface area contributed by atoms with Gasteiger partial charge in [0, 0.05) is 11.8 Å². The van der Waals surface area contributed by atoms with Crippen molar-refractivity contribution in [1.82, 2.24) is 0 Å². The fourth-order valence-electron chi connectivity index (χ4n) is 4.13. The molecule has 0 aromatic heterocycles. The molecule has 0 spiro atoms. The Morgan fingerprint density at radius 1 is 1.00 bits per heavy atom. The number of carbonyl (C=O) groups is 1. The highest BCUT2D eigenvalue weighted by molar-refractivity contribution is 5.79. The van der Waals surface area contributed by atoms with Crippen molar-refractivity contribution >= 4 is 5.97 Å². The van der Waals surface area contributed by atoms with Crippen LogP contribution in [0.25, 0.3) is 0 Å². The number of fused-ring (bicyclic) bond motifs is 1. The zero-order chi connectivity index (χ0) is 15.3. The van der Waals surface area contributed by atoms with Crippen LogP contribution in [0.2, 0.25) is 0 Å². The van der Waals surface area contributed by atoms with Crippen molar-refractivity contribution in [3.05, 3.63) is 88.2 Å². The van der Waals surface area contributed by atoms with Crippen molar-refractivity contribution in [2.45, 2.75) is 18.8 Å². The molecule has 2 nitrogen and oxygen atoms in total. The molecule has 2 bridgehead atoms. The molecule has 0 aliphatic heterocycles. The molecule has 0 heterocycles. The summed E-state index contributed by atoms with van der Waals surface area (Å²) in [5.74, 6) is -0.252. The molecule has 1 N–H and O–H groups in total. The fraction of sp³-hybridized carbons (Fsp3) is 0.200. The van der Waals surface area contributed by atoms with E-state index in [1.807, 2.05) is 0 Å². The standard InChI is InChI=1S/C20H16O2/c1-12-13(10-11-18(21)22)20-16-8-4-2-6-14(16)19(12)15-7-3-5-9-17(15)20/h2-9,11-12,19-20H,1H3,(H,21,22). The van der Waals surface area contributed by atoms with E-state index < -0.39 is 5.97 Å². The third kappa shape index (κ3) is 1.71. The number of aliphatic carboxylic acids is 1. The normalized spacial score (nSPS) is 24.2. The lowest BCUT2D eigenvalue weighted by Gasteiger charge is -2.45. The van der Waals surface area contributed by atoms with Crippen LogP contribution >= 0.6 is 0 Å². The Bertz CT molecular complexity index is 793. The number of rotatable bonds is 1. The van der Waals surface area contributed by atoms with Crippen LogP contribution < -0.4 is 0 Å². The van der Waals surface area contributed by atoms with Crippen LogP contribution in [0.5, 0.6) is 0 Å². The summed E-state index contributed by atoms with van der Waals surface area (Å²) < 4.78 is 0. The molecule has 0 fully saturated rings. The van der Waals surface area contributed by atoms with Crippen molar-refractivity contribution in [2.75, 3.05) is 0 Å². The van der Waals surface area contributed by atoms with Gasteiger partial charge >= 0.3 is 5.97 Å². The fourth-order valence-corrected chi connectivity index (χ4v) is 4.13. The van der Waals surface area contributed by atoms with Gasteiger partial charge in [-0.15, -0.1) is 5.73 Å². The maximum atomic E-state index is 10.9. The first-order valence-electron chi connectivity index (χ1n) is 7.55. The number of carboxylic acid groups (broad SMARTS) is 1. The van der Waals surface area contributed by atoms with Gasteiger partial charge in [0.15, 0.2) is 0 Å². The van der Waals surface area contributed by atoms with Gasteiger partial charge in [-0.1, -0.05) is 55.5 Å². The van der Waals surface area contributed by atoms with Gasteiger partial charge < -0.3 is 5.11 Å². The summed E-state index contributed by atoms with van der Waals surface area (Å²) in [6.07, 6.45) is 1.15. The highest BCUT2D eigenvalue weighted by atomic mass is 16.4. The Labute approximate surface area is 129 Å². The summed E-state index contributed by atoms with van der Waals surface area (Å²) in [6.45, 7) is 2.18. The van der Waals surface area contributed by atoms with Crippen molar-refractivity contribution in [2.24, 2.45) is 5.92 Å². The summed E-state index contributed by atoms with van der Waals surface area (Å²) >= 11 is 0. The first-order chi connectivity index (χ1) is 10.7. The molecule has 2 aromatic carbocycles. The highest BCUT2D eigenvalue weighted by Crippen LogP contribution is 2.57. The first kappa shape index (κ1) is 13.1. The SMILES string of the molecule is CC1C(=C=CC(=O)O)C2c3ccccc3C1c1ccccc12. The van der Waals surface area contributed by atoms with Crippen LogP contribution in [0.1, 0.15) is 41.0 Å². The average Bonchev–Trinajstić information content (AvgIpc) is 2.53. The van der Waals surface area contributed by atoms with E-state index in [1.165, 1.54) is 22.3 Å². The third-order valence-corrected chi connectivity index (χ3v) is 4.95. The smallest absolute Gasteiger partial charge is 0.336 e. The number of benzene rings is 2. The molecular formula is C20H16O2. The Balaban J connectivity index is 2.04. The topological polar surface area (TPSA) is 37.3 Å². The van der Waals surface area contributed by atoms with Gasteiger partial charge in [0.2, 0.25) is 0 Å². The minimum Gasteiger partial charge on any atom is -0.478 e. The van der Waals surface area contributed by atoms with E-state index in [-0.39, 0.29) is 11.8 Å². The minimum atomic E-state index is -0.942. The van der Waals surface area contributed by atoms with Gasteiger partial charge in [0.1, 0.15) is 0 Å². The second-order valence-electron chi connectivity index (χ2n) is 6.04. The van der Waals surface area contributed by atoms with Crippen LogP contribution in [0.15, 0.2) is 65.9 Å². The molecule has 0 amide bonds. The number of hydrogen-bond acceptors (Lipinski definition) is 1. The van der Waals surface area contributed by atoms with Gasteiger partial charge in [-0.05, 0) is 33.7 Å². The zero-order valence-corrected chi connectivity index (χ0v) is 12.3. The summed E-state index contributed by atoms with van der Waals surface area (Å²) in [5.41, 5.74) is 9.51. The molecule has 1 unspecified atom stereocenters. The van der Waals surface area contributed by atoms with E-state index in [4.69, 9.17) is 5.11 Å². The second-order valence-corrected chi connectivity index (χ2v) is 6.04. The first-order valence-corrected chi connectivity index (χ1v) is 7.55. The highest BCUT2D eigenvalue weighted by Gasteiger charge is 2.44. The molecule has 3 aliphatic carbocycles. The second kappa shape index (κ2) is 4.72. The van der Waals surface area contributed by atoms with Crippen LogP contribution in [0.3, 0.4) is 0 Å².